The van der Waals surface area contributed by atoms with Gasteiger partial charge >= 0.3 is 0 Å². The van der Waals surface area contributed by atoms with Gasteiger partial charge in [0.15, 0.2) is 11.5 Å². The molecule has 23 heavy (non-hydrogen) atoms. The topological polar surface area (TPSA) is 30.5 Å². The highest BCUT2D eigenvalue weighted by atomic mass is 19.1. The Bertz CT molecular complexity index is 631. The Balaban J connectivity index is 1.83. The van der Waals surface area contributed by atoms with Gasteiger partial charge in [0, 0.05) is 6.04 Å². The summed E-state index contributed by atoms with van der Waals surface area (Å²) in [7, 11) is 3.27. The van der Waals surface area contributed by atoms with Crippen LogP contribution in [0.3, 0.4) is 0 Å². The van der Waals surface area contributed by atoms with Gasteiger partial charge in [0.2, 0.25) is 0 Å². The highest BCUT2D eigenvalue weighted by Gasteiger charge is 2.08. The smallest absolute Gasteiger partial charge is 0.160 e. The normalized spacial score (nSPS) is 12.0. The Morgan fingerprint density at radius 1 is 1.00 bits per heavy atom. The van der Waals surface area contributed by atoms with Crippen LogP contribution in [0.1, 0.15) is 18.1 Å². The second kappa shape index (κ2) is 8.53. The van der Waals surface area contributed by atoms with E-state index in [1.165, 1.54) is 11.6 Å². The molecule has 1 atom stereocenters. The van der Waals surface area contributed by atoms with Crippen molar-refractivity contribution in [3.05, 3.63) is 59.4 Å². The van der Waals surface area contributed by atoms with Crippen molar-refractivity contribution in [1.82, 2.24) is 5.32 Å². The molecular formula is C19H24FNO2. The molecule has 0 heterocycles. The van der Waals surface area contributed by atoms with Crippen LogP contribution in [-0.4, -0.2) is 26.8 Å². The van der Waals surface area contributed by atoms with Crippen LogP contribution < -0.4 is 14.8 Å². The summed E-state index contributed by atoms with van der Waals surface area (Å²) >= 11 is 0. The molecule has 1 unspecified atom stereocenters. The lowest BCUT2D eigenvalue weighted by molar-refractivity contribution is 0.354. The van der Waals surface area contributed by atoms with E-state index in [4.69, 9.17) is 9.47 Å². The van der Waals surface area contributed by atoms with Gasteiger partial charge in [0.1, 0.15) is 5.82 Å². The lowest BCUT2D eigenvalue weighted by Crippen LogP contribution is -2.30. The van der Waals surface area contributed by atoms with Crippen LogP contribution in [-0.2, 0) is 12.8 Å². The summed E-state index contributed by atoms with van der Waals surface area (Å²) in [6.07, 6.45) is 1.71. The highest BCUT2D eigenvalue weighted by molar-refractivity contribution is 5.43. The maximum atomic E-state index is 13.1. The number of rotatable bonds is 8. The van der Waals surface area contributed by atoms with Crippen LogP contribution in [0.4, 0.5) is 4.39 Å². The van der Waals surface area contributed by atoms with Crippen molar-refractivity contribution in [2.45, 2.75) is 25.8 Å². The molecule has 3 nitrogen and oxygen atoms in total. The third-order valence-corrected chi connectivity index (χ3v) is 3.79. The Hall–Kier alpha value is -2.07. The number of ether oxygens (including phenoxy) is 2. The maximum absolute atomic E-state index is 13.1. The Kier molecular flexibility index (Phi) is 6.41. The fourth-order valence-corrected chi connectivity index (χ4v) is 2.59. The van der Waals surface area contributed by atoms with Gasteiger partial charge in [-0.25, -0.2) is 4.39 Å². The molecule has 2 aromatic rings. The molecule has 2 aromatic carbocycles. The van der Waals surface area contributed by atoms with Gasteiger partial charge in [-0.2, -0.15) is 0 Å². The molecule has 0 saturated heterocycles. The van der Waals surface area contributed by atoms with Crippen molar-refractivity contribution in [3.63, 3.8) is 0 Å². The van der Waals surface area contributed by atoms with Crippen LogP contribution in [0.2, 0.25) is 0 Å². The quantitative estimate of drug-likeness (QED) is 0.807. The first-order valence-electron chi connectivity index (χ1n) is 7.81. The first-order valence-corrected chi connectivity index (χ1v) is 7.81. The summed E-state index contributed by atoms with van der Waals surface area (Å²) in [6, 6.07) is 13.0. The first kappa shape index (κ1) is 17.3. The largest absolute Gasteiger partial charge is 0.493 e. The summed E-state index contributed by atoms with van der Waals surface area (Å²) in [4.78, 5) is 0. The van der Waals surface area contributed by atoms with Crippen molar-refractivity contribution in [3.8, 4) is 11.5 Å². The van der Waals surface area contributed by atoms with E-state index in [1.54, 1.807) is 26.4 Å². The van der Waals surface area contributed by atoms with Crippen molar-refractivity contribution >= 4 is 0 Å². The number of hydrogen-bond donors (Lipinski definition) is 1. The predicted octanol–water partition coefficient (Wildman–Crippen LogP) is 3.61. The van der Waals surface area contributed by atoms with Crippen molar-refractivity contribution in [2.75, 3.05) is 20.8 Å². The Morgan fingerprint density at radius 3 is 2.48 bits per heavy atom. The molecule has 124 valence electrons. The number of benzene rings is 2. The number of methoxy groups -OCH3 is 2. The second-order valence-electron chi connectivity index (χ2n) is 5.63. The first-order chi connectivity index (χ1) is 11.1. The predicted molar refractivity (Wildman–Crippen MR) is 90.8 cm³/mol. The van der Waals surface area contributed by atoms with Gasteiger partial charge in [0.05, 0.1) is 14.2 Å². The van der Waals surface area contributed by atoms with E-state index in [-0.39, 0.29) is 5.82 Å². The molecule has 1 N–H and O–H groups in total. The molecule has 0 fully saturated rings. The van der Waals surface area contributed by atoms with E-state index < -0.39 is 0 Å². The molecule has 2 rings (SSSR count). The van der Waals surface area contributed by atoms with Gasteiger partial charge in [-0.3, -0.25) is 0 Å². The van der Waals surface area contributed by atoms with Gasteiger partial charge in [-0.05, 0) is 61.7 Å². The van der Waals surface area contributed by atoms with Crippen molar-refractivity contribution < 1.29 is 13.9 Å². The average molecular weight is 317 g/mol. The molecule has 0 radical (unpaired) electrons. The standard InChI is InChI=1S/C19H24FNO2/c1-14(21-10-9-15-5-4-6-17(20)12-15)11-16-7-8-18(22-2)19(13-16)23-3/h4-8,12-14,21H,9-11H2,1-3H3. The number of halogens is 1. The van der Waals surface area contributed by atoms with Crippen LogP contribution >= 0.6 is 0 Å². The molecule has 0 saturated carbocycles. The summed E-state index contributed by atoms with van der Waals surface area (Å²) in [5.41, 5.74) is 2.20. The molecule has 0 spiro atoms. The Labute approximate surface area is 137 Å². The van der Waals surface area contributed by atoms with E-state index in [2.05, 4.69) is 12.2 Å². The SMILES string of the molecule is COc1ccc(CC(C)NCCc2cccc(F)c2)cc1OC. The van der Waals surface area contributed by atoms with E-state index in [0.29, 0.717) is 6.04 Å². The molecule has 0 aliphatic rings. The summed E-state index contributed by atoms with van der Waals surface area (Å²) in [6.45, 7) is 2.96. The minimum absolute atomic E-state index is 0.180. The third-order valence-electron chi connectivity index (χ3n) is 3.79. The van der Waals surface area contributed by atoms with Gasteiger partial charge < -0.3 is 14.8 Å². The van der Waals surface area contributed by atoms with Crippen LogP contribution in [0.25, 0.3) is 0 Å². The van der Waals surface area contributed by atoms with Gasteiger partial charge in [-0.15, -0.1) is 0 Å². The summed E-state index contributed by atoms with van der Waals surface area (Å²) in [5, 5.41) is 3.47. The molecule has 0 bridgehead atoms. The second-order valence-corrected chi connectivity index (χ2v) is 5.63. The van der Waals surface area contributed by atoms with Gasteiger partial charge in [0.25, 0.3) is 0 Å². The minimum atomic E-state index is -0.180. The zero-order valence-corrected chi connectivity index (χ0v) is 13.9. The molecular weight excluding hydrogens is 293 g/mol. The highest BCUT2D eigenvalue weighted by Crippen LogP contribution is 2.27. The molecule has 4 heteroatoms. The molecule has 0 amide bonds. The molecule has 0 aromatic heterocycles. The lowest BCUT2D eigenvalue weighted by atomic mass is 10.1. The van der Waals surface area contributed by atoms with Crippen LogP contribution in [0.15, 0.2) is 42.5 Å². The van der Waals surface area contributed by atoms with Crippen LogP contribution in [0, 0.1) is 5.82 Å². The van der Waals surface area contributed by atoms with Crippen LogP contribution in [0.5, 0.6) is 11.5 Å². The minimum Gasteiger partial charge on any atom is -0.493 e. The van der Waals surface area contributed by atoms with E-state index in [1.807, 2.05) is 24.3 Å². The zero-order chi connectivity index (χ0) is 16.7. The lowest BCUT2D eigenvalue weighted by Gasteiger charge is -2.15. The fraction of sp³-hybridized carbons (Fsp3) is 0.368. The van der Waals surface area contributed by atoms with Gasteiger partial charge in [-0.1, -0.05) is 18.2 Å². The van der Waals surface area contributed by atoms with E-state index in [0.717, 1.165) is 36.4 Å². The summed E-state index contributed by atoms with van der Waals surface area (Å²) < 4.78 is 23.7. The fourth-order valence-electron chi connectivity index (χ4n) is 2.59. The van der Waals surface area contributed by atoms with E-state index >= 15 is 0 Å². The average Bonchev–Trinajstić information content (AvgIpc) is 2.54. The Morgan fingerprint density at radius 2 is 1.78 bits per heavy atom. The third kappa shape index (κ3) is 5.25. The monoisotopic (exact) mass is 317 g/mol. The number of hydrogen-bond acceptors (Lipinski definition) is 3. The number of nitrogens with one attached hydrogen (secondary N) is 1. The molecule has 0 aliphatic heterocycles. The summed E-state index contributed by atoms with van der Waals surface area (Å²) in [5.74, 6) is 1.31. The zero-order valence-electron chi connectivity index (χ0n) is 13.9. The van der Waals surface area contributed by atoms with E-state index in [9.17, 15) is 4.39 Å². The van der Waals surface area contributed by atoms with Crippen molar-refractivity contribution in [2.24, 2.45) is 0 Å². The molecule has 0 aliphatic carbocycles. The van der Waals surface area contributed by atoms with Crippen molar-refractivity contribution in [1.29, 1.82) is 0 Å². The maximum Gasteiger partial charge on any atom is 0.160 e.